The van der Waals surface area contributed by atoms with Gasteiger partial charge in [0.05, 0.1) is 10.5 Å². The van der Waals surface area contributed by atoms with E-state index in [9.17, 15) is 4.39 Å². The van der Waals surface area contributed by atoms with Gasteiger partial charge in [0.15, 0.2) is 0 Å². The summed E-state index contributed by atoms with van der Waals surface area (Å²) < 4.78 is 13.7. The molecule has 19 heavy (non-hydrogen) atoms. The van der Waals surface area contributed by atoms with E-state index in [0.717, 1.165) is 28.5 Å². The first-order valence-corrected chi connectivity index (χ1v) is 7.78. The Bertz CT molecular complexity index is 559. The number of halogens is 2. The van der Waals surface area contributed by atoms with E-state index in [4.69, 9.17) is 0 Å². The minimum absolute atomic E-state index is 0.236. The lowest BCUT2D eigenvalue weighted by molar-refractivity contribution is 0.531. The molecule has 2 aromatic rings. The molecular formula is C13H15BrFN3S. The average molecular weight is 344 g/mol. The lowest BCUT2D eigenvalue weighted by atomic mass is 10.2. The summed E-state index contributed by atoms with van der Waals surface area (Å²) in [6, 6.07) is 5.12. The van der Waals surface area contributed by atoms with Crippen molar-refractivity contribution in [1.82, 2.24) is 15.5 Å². The predicted octanol–water partition coefficient (Wildman–Crippen LogP) is 4.17. The Morgan fingerprint density at radius 1 is 1.37 bits per heavy atom. The van der Waals surface area contributed by atoms with Crippen LogP contribution in [-0.4, -0.2) is 16.7 Å². The third-order valence-electron chi connectivity index (χ3n) is 2.76. The second kappa shape index (κ2) is 6.54. The molecule has 0 saturated carbocycles. The van der Waals surface area contributed by atoms with Gasteiger partial charge in [0.25, 0.3) is 0 Å². The molecule has 0 saturated heterocycles. The summed E-state index contributed by atoms with van der Waals surface area (Å²) >= 11 is 4.73. The quantitative estimate of drug-likeness (QED) is 0.885. The van der Waals surface area contributed by atoms with Crippen molar-refractivity contribution in [2.45, 2.75) is 26.3 Å². The molecule has 6 heteroatoms. The summed E-state index contributed by atoms with van der Waals surface area (Å²) in [5, 5.41) is 13.6. The van der Waals surface area contributed by atoms with Crippen molar-refractivity contribution < 1.29 is 4.39 Å². The number of nitrogens with one attached hydrogen (secondary N) is 1. The first-order chi connectivity index (χ1) is 9.15. The summed E-state index contributed by atoms with van der Waals surface area (Å²) in [6.45, 7) is 5.08. The van der Waals surface area contributed by atoms with E-state index in [1.807, 2.05) is 0 Å². The number of aromatic nitrogens is 2. The third kappa shape index (κ3) is 3.38. The average Bonchev–Trinajstić information content (AvgIpc) is 2.88. The summed E-state index contributed by atoms with van der Waals surface area (Å²) in [4.78, 5) is 0. The number of rotatable bonds is 5. The molecule has 1 aromatic heterocycles. The highest BCUT2D eigenvalue weighted by molar-refractivity contribution is 9.10. The van der Waals surface area contributed by atoms with Crippen LogP contribution in [0.1, 0.15) is 31.3 Å². The molecule has 0 aliphatic carbocycles. The van der Waals surface area contributed by atoms with Crippen LogP contribution in [-0.2, 0) is 0 Å². The Kier molecular flexibility index (Phi) is 5.01. The molecule has 3 nitrogen and oxygen atoms in total. The lowest BCUT2D eigenvalue weighted by Crippen LogP contribution is -2.19. The first kappa shape index (κ1) is 14.6. The Morgan fingerprint density at radius 3 is 2.79 bits per heavy atom. The molecule has 0 spiro atoms. The summed E-state index contributed by atoms with van der Waals surface area (Å²) in [5.41, 5.74) is 0.878. The molecule has 0 aliphatic rings. The molecule has 1 N–H and O–H groups in total. The highest BCUT2D eigenvalue weighted by atomic mass is 79.9. The second-order valence-electron chi connectivity index (χ2n) is 4.09. The van der Waals surface area contributed by atoms with Gasteiger partial charge in [-0.3, -0.25) is 0 Å². The van der Waals surface area contributed by atoms with Gasteiger partial charge in [0.1, 0.15) is 15.8 Å². The van der Waals surface area contributed by atoms with Crippen LogP contribution in [0.25, 0.3) is 10.6 Å². The minimum atomic E-state index is -0.271. The maximum absolute atomic E-state index is 13.2. The van der Waals surface area contributed by atoms with Crippen LogP contribution in [0.15, 0.2) is 22.7 Å². The maximum atomic E-state index is 13.2. The van der Waals surface area contributed by atoms with E-state index in [0.29, 0.717) is 4.47 Å². The Labute approximate surface area is 124 Å². The van der Waals surface area contributed by atoms with E-state index in [1.165, 1.54) is 6.07 Å². The molecule has 2 rings (SSSR count). The zero-order chi connectivity index (χ0) is 13.8. The van der Waals surface area contributed by atoms with Crippen molar-refractivity contribution in [2.24, 2.45) is 0 Å². The highest BCUT2D eigenvalue weighted by Crippen LogP contribution is 2.30. The van der Waals surface area contributed by atoms with Gasteiger partial charge in [-0.1, -0.05) is 25.2 Å². The fourth-order valence-electron chi connectivity index (χ4n) is 1.77. The topological polar surface area (TPSA) is 37.8 Å². The standard InChI is InChI=1S/C13H15BrFN3S/c1-3-11(16-4-2)13-18-17-12(19-13)8-5-6-10(15)9(14)7-8/h5-7,11,16H,3-4H2,1-2H3. The van der Waals surface area contributed by atoms with Gasteiger partial charge in [-0.2, -0.15) is 0 Å². The van der Waals surface area contributed by atoms with E-state index >= 15 is 0 Å². The van der Waals surface area contributed by atoms with Gasteiger partial charge in [-0.15, -0.1) is 10.2 Å². The Hall–Kier alpha value is -0.850. The van der Waals surface area contributed by atoms with E-state index in [2.05, 4.69) is 45.3 Å². The smallest absolute Gasteiger partial charge is 0.147 e. The molecular weight excluding hydrogens is 329 g/mol. The van der Waals surface area contributed by atoms with E-state index in [-0.39, 0.29) is 11.9 Å². The number of hydrogen-bond acceptors (Lipinski definition) is 4. The van der Waals surface area contributed by atoms with E-state index in [1.54, 1.807) is 23.5 Å². The van der Waals surface area contributed by atoms with Crippen LogP contribution in [0.2, 0.25) is 0 Å². The lowest BCUT2D eigenvalue weighted by Gasteiger charge is -2.10. The monoisotopic (exact) mass is 343 g/mol. The molecule has 0 fully saturated rings. The first-order valence-electron chi connectivity index (χ1n) is 6.17. The molecule has 0 bridgehead atoms. The van der Waals surface area contributed by atoms with Crippen molar-refractivity contribution in [2.75, 3.05) is 6.54 Å². The molecule has 0 amide bonds. The summed E-state index contributed by atoms with van der Waals surface area (Å²) in [7, 11) is 0. The van der Waals surface area contributed by atoms with Crippen LogP contribution >= 0.6 is 27.3 Å². The number of hydrogen-bond donors (Lipinski definition) is 1. The molecule has 1 heterocycles. The SMILES string of the molecule is CCNC(CC)c1nnc(-c2ccc(F)c(Br)c2)s1. The van der Waals surface area contributed by atoms with Crippen molar-refractivity contribution >= 4 is 27.3 Å². The molecule has 0 radical (unpaired) electrons. The van der Waals surface area contributed by atoms with E-state index < -0.39 is 0 Å². The van der Waals surface area contributed by atoms with Crippen LogP contribution in [0.5, 0.6) is 0 Å². The fourth-order valence-corrected chi connectivity index (χ4v) is 3.15. The summed E-state index contributed by atoms with van der Waals surface area (Å²) in [5.74, 6) is -0.271. The maximum Gasteiger partial charge on any atom is 0.147 e. The largest absolute Gasteiger partial charge is 0.308 e. The minimum Gasteiger partial charge on any atom is -0.308 e. The van der Waals surface area contributed by atoms with Gasteiger partial charge in [0, 0.05) is 5.56 Å². The number of nitrogens with zero attached hydrogens (tertiary/aromatic N) is 2. The van der Waals surface area contributed by atoms with Crippen molar-refractivity contribution in [1.29, 1.82) is 0 Å². The second-order valence-corrected chi connectivity index (χ2v) is 5.96. The third-order valence-corrected chi connectivity index (χ3v) is 4.46. The van der Waals surface area contributed by atoms with Gasteiger partial charge in [0.2, 0.25) is 0 Å². The molecule has 1 atom stereocenters. The van der Waals surface area contributed by atoms with Crippen LogP contribution in [0.4, 0.5) is 4.39 Å². The highest BCUT2D eigenvalue weighted by Gasteiger charge is 2.15. The Morgan fingerprint density at radius 2 is 2.16 bits per heavy atom. The van der Waals surface area contributed by atoms with Crippen LogP contribution in [0.3, 0.4) is 0 Å². The summed E-state index contributed by atoms with van der Waals surface area (Å²) in [6.07, 6.45) is 0.968. The molecule has 0 aliphatic heterocycles. The molecule has 1 unspecified atom stereocenters. The van der Waals surface area contributed by atoms with Crippen molar-refractivity contribution in [3.63, 3.8) is 0 Å². The van der Waals surface area contributed by atoms with Gasteiger partial charge < -0.3 is 5.32 Å². The van der Waals surface area contributed by atoms with Crippen molar-refractivity contribution in [3.8, 4) is 10.6 Å². The predicted molar refractivity (Wildman–Crippen MR) is 79.7 cm³/mol. The van der Waals surface area contributed by atoms with Gasteiger partial charge in [-0.25, -0.2) is 4.39 Å². The zero-order valence-electron chi connectivity index (χ0n) is 10.8. The van der Waals surface area contributed by atoms with Crippen LogP contribution < -0.4 is 5.32 Å². The molecule has 1 aromatic carbocycles. The zero-order valence-corrected chi connectivity index (χ0v) is 13.2. The normalized spacial score (nSPS) is 12.6. The Balaban J connectivity index is 2.27. The fraction of sp³-hybridized carbons (Fsp3) is 0.385. The van der Waals surface area contributed by atoms with Gasteiger partial charge in [-0.05, 0) is 47.1 Å². The van der Waals surface area contributed by atoms with Gasteiger partial charge >= 0.3 is 0 Å². The molecule has 102 valence electrons. The van der Waals surface area contributed by atoms with Crippen LogP contribution in [0, 0.1) is 5.82 Å². The van der Waals surface area contributed by atoms with Crippen molar-refractivity contribution in [3.05, 3.63) is 33.5 Å². The number of benzene rings is 1.